The molecule has 1 amide bonds. The molecular weight excluding hydrogens is 955 g/mol. The van der Waals surface area contributed by atoms with Crippen LogP contribution in [0, 0.1) is 0 Å². The van der Waals surface area contributed by atoms with E-state index in [2.05, 4.69) is 43.5 Å². The van der Waals surface area contributed by atoms with E-state index in [0.29, 0.717) is 19.4 Å². The van der Waals surface area contributed by atoms with E-state index in [9.17, 15) is 35.1 Å². The van der Waals surface area contributed by atoms with Gasteiger partial charge in [0.2, 0.25) is 5.91 Å². The molecule has 7 unspecified atom stereocenters. The van der Waals surface area contributed by atoms with Crippen molar-refractivity contribution in [1.82, 2.24) is 5.32 Å². The van der Waals surface area contributed by atoms with E-state index in [-0.39, 0.29) is 18.5 Å². The van der Waals surface area contributed by atoms with Crippen molar-refractivity contribution in [3.63, 3.8) is 0 Å². The second-order valence-corrected chi connectivity index (χ2v) is 22.4. The van der Waals surface area contributed by atoms with Crippen molar-refractivity contribution in [3.8, 4) is 0 Å². The summed E-state index contributed by atoms with van der Waals surface area (Å²) >= 11 is 0. The number of carbonyl (C=O) groups excluding carboxylic acids is 2. The lowest BCUT2D eigenvalue weighted by Gasteiger charge is -2.40. The van der Waals surface area contributed by atoms with Crippen LogP contribution in [0.25, 0.3) is 0 Å². The maximum absolute atomic E-state index is 13.0. The number of hydrogen-bond donors (Lipinski definition) is 6. The summed E-state index contributed by atoms with van der Waals surface area (Å²) in [6.07, 6.45) is 58.5. The van der Waals surface area contributed by atoms with Gasteiger partial charge in [-0.15, -0.1) is 0 Å². The van der Waals surface area contributed by atoms with Gasteiger partial charge in [0, 0.05) is 12.8 Å². The van der Waals surface area contributed by atoms with Crippen molar-refractivity contribution in [1.29, 1.82) is 0 Å². The van der Waals surface area contributed by atoms with Crippen LogP contribution in [0.1, 0.15) is 303 Å². The molecule has 0 saturated carbocycles. The van der Waals surface area contributed by atoms with Gasteiger partial charge < -0.3 is 45.1 Å². The molecule has 1 saturated heterocycles. The predicted octanol–water partition coefficient (Wildman–Crippen LogP) is 15.5. The number of amides is 1. The Balaban J connectivity index is 1.96. The highest BCUT2D eigenvalue weighted by Gasteiger charge is 2.44. The van der Waals surface area contributed by atoms with E-state index >= 15 is 0 Å². The van der Waals surface area contributed by atoms with Crippen molar-refractivity contribution >= 4 is 11.9 Å². The number of nitrogens with one attached hydrogen (secondary N) is 1. The lowest BCUT2D eigenvalue weighted by molar-refractivity contribution is -0.302. The topological polar surface area (TPSA) is 175 Å². The number of hydrogen-bond acceptors (Lipinski definition) is 10. The van der Waals surface area contributed by atoms with Crippen molar-refractivity contribution in [2.45, 2.75) is 346 Å². The molecule has 0 aromatic carbocycles. The molecule has 1 heterocycles. The lowest BCUT2D eigenvalue weighted by atomic mass is 9.99. The van der Waals surface area contributed by atoms with Crippen LogP contribution in [0.4, 0.5) is 0 Å². The van der Waals surface area contributed by atoms with E-state index < -0.39 is 49.5 Å². The average molecular weight is 1080 g/mol. The number of aliphatic hydroxyl groups is 5. The molecule has 1 rings (SSSR count). The summed E-state index contributed by atoms with van der Waals surface area (Å²) < 4.78 is 16.7. The third-order valence-electron chi connectivity index (χ3n) is 15.2. The monoisotopic (exact) mass is 1080 g/mol. The van der Waals surface area contributed by atoms with E-state index in [4.69, 9.17) is 14.2 Å². The average Bonchev–Trinajstić information content (AvgIpc) is 3.42. The number of rotatable bonds is 56. The molecule has 0 aromatic rings. The molecule has 0 aromatic heterocycles. The molecule has 1 fully saturated rings. The molecule has 0 aliphatic carbocycles. The molecule has 0 bridgehead atoms. The first kappa shape index (κ1) is 71.9. The standard InChI is InChI=1S/C65H121NO10/c1-3-5-7-9-11-13-32-37-41-45-49-53-61(70)74-54-50-46-42-38-34-31-29-27-25-23-21-19-17-15-16-18-20-22-24-26-28-30-33-36-40-44-48-52-60(69)66-57(56-75-65-64(73)63(72)62(71)59(55-67)76-65)58(68)51-47-43-39-35-14-12-10-8-6-4-2/h6,8,14,35,47,51,57-59,62-65,67-68,71-73H,3-5,7,9-13,15-34,36-46,48-50,52-56H2,1-2H3,(H,66,69)/b8-6+,35-14+,51-47+. The Bertz CT molecular complexity index is 1360. The largest absolute Gasteiger partial charge is 0.466 e. The summed E-state index contributed by atoms with van der Waals surface area (Å²) in [6, 6.07) is -0.831. The Morgan fingerprint density at radius 2 is 0.868 bits per heavy atom. The van der Waals surface area contributed by atoms with E-state index in [1.807, 2.05) is 6.08 Å². The van der Waals surface area contributed by atoms with Crippen molar-refractivity contribution < 1.29 is 49.3 Å². The molecule has 446 valence electrons. The van der Waals surface area contributed by atoms with Gasteiger partial charge in [0.25, 0.3) is 0 Å². The fourth-order valence-electron chi connectivity index (χ4n) is 10.2. The molecule has 1 aliphatic rings. The van der Waals surface area contributed by atoms with E-state index in [0.717, 1.165) is 70.6 Å². The maximum atomic E-state index is 13.0. The number of allylic oxidation sites excluding steroid dienone is 5. The zero-order valence-electron chi connectivity index (χ0n) is 49.2. The first-order valence-electron chi connectivity index (χ1n) is 32.3. The number of unbranched alkanes of at least 4 members (excludes halogenated alkanes) is 38. The first-order chi connectivity index (χ1) is 37.2. The highest BCUT2D eigenvalue weighted by molar-refractivity contribution is 5.76. The van der Waals surface area contributed by atoms with Crippen LogP contribution in [0.15, 0.2) is 36.5 Å². The fourth-order valence-corrected chi connectivity index (χ4v) is 10.2. The van der Waals surface area contributed by atoms with Crippen LogP contribution in [-0.4, -0.2) is 100 Å². The van der Waals surface area contributed by atoms with Crippen LogP contribution < -0.4 is 5.32 Å². The Morgan fingerprint density at radius 1 is 0.487 bits per heavy atom. The van der Waals surface area contributed by atoms with Gasteiger partial charge in [-0.1, -0.05) is 275 Å². The molecular formula is C65H121NO10. The Kier molecular flexibility index (Phi) is 51.9. The Labute approximate surface area is 466 Å². The van der Waals surface area contributed by atoms with Gasteiger partial charge in [-0.2, -0.15) is 0 Å². The van der Waals surface area contributed by atoms with Crippen LogP contribution in [0.3, 0.4) is 0 Å². The van der Waals surface area contributed by atoms with Crippen molar-refractivity contribution in [2.24, 2.45) is 0 Å². The van der Waals surface area contributed by atoms with Gasteiger partial charge in [-0.25, -0.2) is 0 Å². The van der Waals surface area contributed by atoms with Crippen LogP contribution >= 0.6 is 0 Å². The molecule has 0 radical (unpaired) electrons. The lowest BCUT2D eigenvalue weighted by Crippen LogP contribution is -2.60. The predicted molar refractivity (Wildman–Crippen MR) is 315 cm³/mol. The summed E-state index contributed by atoms with van der Waals surface area (Å²) in [5.41, 5.74) is 0. The summed E-state index contributed by atoms with van der Waals surface area (Å²) in [5.74, 6) is -0.188. The second-order valence-electron chi connectivity index (χ2n) is 22.4. The van der Waals surface area contributed by atoms with Crippen LogP contribution in [0.5, 0.6) is 0 Å². The normalized spacial score (nSPS) is 18.9. The molecule has 7 atom stereocenters. The summed E-state index contributed by atoms with van der Waals surface area (Å²) in [4.78, 5) is 25.0. The van der Waals surface area contributed by atoms with E-state index in [1.54, 1.807) is 6.08 Å². The SMILES string of the molecule is CC/C=C/CC/C=C/CC/C=C/C(O)C(COC1OC(CO)C(O)C(O)C1O)NC(=O)CCCCCCCCCCCCCCCCCCCCCCCCCCCCCOC(=O)CCCCCCCCCCCCC. The first-order valence-corrected chi connectivity index (χ1v) is 32.3. The summed E-state index contributed by atoms with van der Waals surface area (Å²) in [7, 11) is 0. The van der Waals surface area contributed by atoms with Crippen molar-refractivity contribution in [3.05, 3.63) is 36.5 Å². The quantitative estimate of drug-likeness (QED) is 0.0195. The molecule has 6 N–H and O–H groups in total. The minimum Gasteiger partial charge on any atom is -0.466 e. The van der Waals surface area contributed by atoms with Gasteiger partial charge in [-0.05, 0) is 51.4 Å². The number of aliphatic hydroxyl groups excluding tert-OH is 5. The van der Waals surface area contributed by atoms with Gasteiger partial charge in [0.1, 0.15) is 24.4 Å². The molecule has 0 spiro atoms. The third kappa shape index (κ3) is 43.7. The third-order valence-corrected chi connectivity index (χ3v) is 15.2. The van der Waals surface area contributed by atoms with E-state index in [1.165, 1.54) is 205 Å². The Morgan fingerprint density at radius 3 is 1.29 bits per heavy atom. The zero-order chi connectivity index (χ0) is 55.2. The van der Waals surface area contributed by atoms with Crippen LogP contribution in [0.2, 0.25) is 0 Å². The molecule has 11 heteroatoms. The smallest absolute Gasteiger partial charge is 0.305 e. The molecule has 1 aliphatic heterocycles. The van der Waals surface area contributed by atoms with Gasteiger partial charge >= 0.3 is 5.97 Å². The fraction of sp³-hybridized carbons (Fsp3) is 0.877. The second kappa shape index (κ2) is 54.8. The van der Waals surface area contributed by atoms with Gasteiger partial charge in [-0.3, -0.25) is 9.59 Å². The maximum Gasteiger partial charge on any atom is 0.305 e. The minimum absolute atomic E-state index is 0.00759. The minimum atomic E-state index is -1.58. The summed E-state index contributed by atoms with van der Waals surface area (Å²) in [6.45, 7) is 4.22. The highest BCUT2D eigenvalue weighted by Crippen LogP contribution is 2.23. The van der Waals surface area contributed by atoms with Crippen molar-refractivity contribution in [2.75, 3.05) is 19.8 Å². The number of esters is 1. The number of ether oxygens (including phenoxy) is 3. The van der Waals surface area contributed by atoms with Gasteiger partial charge in [0.05, 0.1) is 32.0 Å². The molecule has 11 nitrogen and oxygen atoms in total. The van der Waals surface area contributed by atoms with Crippen LogP contribution in [-0.2, 0) is 23.8 Å². The summed E-state index contributed by atoms with van der Waals surface area (Å²) in [5, 5.41) is 54.2. The van der Waals surface area contributed by atoms with Gasteiger partial charge in [0.15, 0.2) is 6.29 Å². The Hall–Kier alpha value is -2.12. The zero-order valence-corrected chi connectivity index (χ0v) is 49.2. The molecule has 76 heavy (non-hydrogen) atoms. The number of carbonyl (C=O) groups is 2. The highest BCUT2D eigenvalue weighted by atomic mass is 16.7.